The molecule has 0 aliphatic rings. The largest absolute Gasteiger partial charge is 0.420 e. The first-order valence-corrected chi connectivity index (χ1v) is 1.81. The Hall–Kier alpha value is -1.46. The molecule has 0 atom stereocenters. The minimum atomic E-state index is -0.866. The molecule has 0 bridgehead atoms. The zero-order chi connectivity index (χ0) is 6.15. The van der Waals surface area contributed by atoms with Crippen molar-refractivity contribution in [3.63, 3.8) is 0 Å². The van der Waals surface area contributed by atoms with Gasteiger partial charge < -0.3 is 5.21 Å². The lowest BCUT2D eigenvalue weighted by atomic mass is 11.2. The van der Waals surface area contributed by atoms with E-state index in [1.54, 1.807) is 0 Å². The molecule has 8 heavy (non-hydrogen) atoms. The molecule has 0 saturated carbocycles. The molecule has 3 N–H and O–H groups in total. The van der Waals surface area contributed by atoms with E-state index in [9.17, 15) is 9.59 Å². The van der Waals surface area contributed by atoms with Crippen molar-refractivity contribution in [2.24, 2.45) is 0 Å². The number of rotatable bonds is 0. The first kappa shape index (κ1) is 4.69. The molecule has 6 heteroatoms. The summed E-state index contributed by atoms with van der Waals surface area (Å²) >= 11 is 0. The van der Waals surface area contributed by atoms with Crippen molar-refractivity contribution in [2.75, 3.05) is 0 Å². The maximum absolute atomic E-state index is 10.1. The van der Waals surface area contributed by atoms with Gasteiger partial charge in [-0.2, -0.15) is 0 Å². The second-order valence-electron chi connectivity index (χ2n) is 1.17. The molecule has 0 fully saturated rings. The molecule has 1 aromatic heterocycles. The minimum absolute atomic E-state index is 0.0556. The molecule has 0 aliphatic carbocycles. The van der Waals surface area contributed by atoms with Gasteiger partial charge in [-0.15, -0.1) is 0 Å². The van der Waals surface area contributed by atoms with Gasteiger partial charge in [0.25, 0.3) is 0 Å². The molecule has 0 saturated heterocycles. The lowest BCUT2D eigenvalue weighted by Gasteiger charge is -1.73. The standard InChI is InChI=1S/C2H3N3O3/c6-1-3-4-2(7)5(1)8/h8H,(H,3,6)(H,4,7). The van der Waals surface area contributed by atoms with E-state index in [0.717, 1.165) is 0 Å². The van der Waals surface area contributed by atoms with Crippen LogP contribution in [-0.4, -0.2) is 20.1 Å². The van der Waals surface area contributed by atoms with Crippen LogP contribution in [0, 0.1) is 0 Å². The van der Waals surface area contributed by atoms with E-state index in [4.69, 9.17) is 5.21 Å². The zero-order valence-electron chi connectivity index (χ0n) is 3.71. The van der Waals surface area contributed by atoms with Crippen molar-refractivity contribution in [1.82, 2.24) is 14.9 Å². The number of nitrogens with one attached hydrogen (secondary N) is 2. The van der Waals surface area contributed by atoms with Crippen molar-refractivity contribution in [2.45, 2.75) is 0 Å². The normalized spacial score (nSPS) is 9.50. The Bertz CT molecular complexity index is 250. The van der Waals surface area contributed by atoms with Gasteiger partial charge in [-0.3, -0.25) is 0 Å². The number of aromatic nitrogens is 3. The highest BCUT2D eigenvalue weighted by Crippen LogP contribution is 1.43. The van der Waals surface area contributed by atoms with Crippen LogP contribution in [0.4, 0.5) is 0 Å². The summed E-state index contributed by atoms with van der Waals surface area (Å²) in [7, 11) is 0. The summed E-state index contributed by atoms with van der Waals surface area (Å²) in [5.74, 6) is 0. The Kier molecular flexibility index (Phi) is 0.736. The van der Waals surface area contributed by atoms with E-state index in [1.165, 1.54) is 0 Å². The smallest absolute Gasteiger partial charge is 0.377 e. The summed E-state index contributed by atoms with van der Waals surface area (Å²) in [6.07, 6.45) is 0. The maximum atomic E-state index is 10.1. The second-order valence-corrected chi connectivity index (χ2v) is 1.17. The number of aromatic amines is 2. The topological polar surface area (TPSA) is 90.9 Å². The van der Waals surface area contributed by atoms with Gasteiger partial charge in [0.2, 0.25) is 0 Å². The first-order valence-electron chi connectivity index (χ1n) is 1.81. The quantitative estimate of drug-likeness (QED) is 0.347. The van der Waals surface area contributed by atoms with Gasteiger partial charge in [-0.1, -0.05) is 4.73 Å². The van der Waals surface area contributed by atoms with Gasteiger partial charge in [0.05, 0.1) is 0 Å². The highest BCUT2D eigenvalue weighted by Gasteiger charge is 1.94. The summed E-state index contributed by atoms with van der Waals surface area (Å²) in [5, 5.41) is 12.0. The van der Waals surface area contributed by atoms with Crippen LogP contribution in [0.3, 0.4) is 0 Å². The molecule has 0 radical (unpaired) electrons. The van der Waals surface area contributed by atoms with Crippen molar-refractivity contribution in [3.8, 4) is 0 Å². The molecule has 1 rings (SSSR count). The van der Waals surface area contributed by atoms with Gasteiger partial charge in [0.1, 0.15) is 0 Å². The maximum Gasteiger partial charge on any atom is 0.377 e. The van der Waals surface area contributed by atoms with Crippen molar-refractivity contribution >= 4 is 0 Å². The van der Waals surface area contributed by atoms with E-state index in [-0.39, 0.29) is 4.73 Å². The molecular weight excluding hydrogens is 114 g/mol. The van der Waals surface area contributed by atoms with Gasteiger partial charge in [0.15, 0.2) is 0 Å². The molecule has 0 spiro atoms. The Balaban J connectivity index is 3.66. The average molecular weight is 117 g/mol. The minimum Gasteiger partial charge on any atom is -0.420 e. The summed E-state index contributed by atoms with van der Waals surface area (Å²) in [6.45, 7) is 0. The van der Waals surface area contributed by atoms with Crippen molar-refractivity contribution < 1.29 is 5.21 Å². The summed E-state index contributed by atoms with van der Waals surface area (Å²) < 4.78 is -0.0556. The predicted molar refractivity (Wildman–Crippen MR) is 22.9 cm³/mol. The van der Waals surface area contributed by atoms with Crippen molar-refractivity contribution in [1.29, 1.82) is 0 Å². The molecule has 0 aliphatic heterocycles. The fraction of sp³-hybridized carbons (Fsp3) is 0. The van der Waals surface area contributed by atoms with Crippen LogP contribution in [-0.2, 0) is 0 Å². The van der Waals surface area contributed by atoms with Crippen LogP contribution in [0.1, 0.15) is 0 Å². The Morgan fingerprint density at radius 1 is 1.25 bits per heavy atom. The molecule has 1 aromatic rings. The van der Waals surface area contributed by atoms with Crippen LogP contribution in [0.5, 0.6) is 0 Å². The number of hydrogen-bond acceptors (Lipinski definition) is 3. The fourth-order valence-corrected chi connectivity index (χ4v) is 0.305. The Morgan fingerprint density at radius 3 is 1.75 bits per heavy atom. The summed E-state index contributed by atoms with van der Waals surface area (Å²) in [5.41, 5.74) is -1.73. The number of H-pyrrole nitrogens is 2. The first-order chi connectivity index (χ1) is 3.72. The molecule has 0 aromatic carbocycles. The highest BCUT2D eigenvalue weighted by molar-refractivity contribution is 4.56. The van der Waals surface area contributed by atoms with Gasteiger partial charge in [0, 0.05) is 0 Å². The lowest BCUT2D eigenvalue weighted by Crippen LogP contribution is -2.23. The SMILES string of the molecule is O=c1[nH][nH]c(=O)n1O. The third-order valence-electron chi connectivity index (χ3n) is 0.661. The second kappa shape index (κ2) is 1.25. The molecular formula is C2H3N3O3. The highest BCUT2D eigenvalue weighted by atomic mass is 16.5. The van der Waals surface area contributed by atoms with E-state index < -0.39 is 11.4 Å². The third-order valence-corrected chi connectivity index (χ3v) is 0.661. The van der Waals surface area contributed by atoms with Gasteiger partial charge in [-0.25, -0.2) is 19.8 Å². The van der Waals surface area contributed by atoms with Gasteiger partial charge >= 0.3 is 11.4 Å². The van der Waals surface area contributed by atoms with Crippen LogP contribution >= 0.6 is 0 Å². The van der Waals surface area contributed by atoms with E-state index in [2.05, 4.69) is 0 Å². The van der Waals surface area contributed by atoms with E-state index in [0.29, 0.717) is 0 Å². The third kappa shape index (κ3) is 0.427. The van der Waals surface area contributed by atoms with E-state index in [1.807, 2.05) is 10.2 Å². The van der Waals surface area contributed by atoms with Crippen LogP contribution < -0.4 is 11.4 Å². The number of nitrogens with zero attached hydrogens (tertiary/aromatic N) is 1. The molecule has 6 nitrogen and oxygen atoms in total. The van der Waals surface area contributed by atoms with Crippen LogP contribution in [0.25, 0.3) is 0 Å². The predicted octanol–water partition coefficient (Wildman–Crippen LogP) is -1.90. The molecule has 0 unspecified atom stereocenters. The molecule has 1 heterocycles. The fourth-order valence-electron chi connectivity index (χ4n) is 0.305. The Morgan fingerprint density at radius 2 is 1.62 bits per heavy atom. The van der Waals surface area contributed by atoms with Crippen LogP contribution in [0.2, 0.25) is 0 Å². The van der Waals surface area contributed by atoms with Crippen LogP contribution in [0.15, 0.2) is 9.59 Å². The van der Waals surface area contributed by atoms with Crippen molar-refractivity contribution in [3.05, 3.63) is 21.0 Å². The van der Waals surface area contributed by atoms with E-state index >= 15 is 0 Å². The molecule has 44 valence electrons. The number of hydrogen-bond donors (Lipinski definition) is 3. The Labute approximate surface area is 42.3 Å². The van der Waals surface area contributed by atoms with Gasteiger partial charge in [-0.05, 0) is 0 Å². The molecule has 0 amide bonds. The average Bonchev–Trinajstić information content (AvgIpc) is 1.98. The summed E-state index contributed by atoms with van der Waals surface area (Å²) in [6, 6.07) is 0. The monoisotopic (exact) mass is 117 g/mol. The summed E-state index contributed by atoms with van der Waals surface area (Å²) in [4.78, 5) is 20.1. The lowest BCUT2D eigenvalue weighted by molar-refractivity contribution is 0.165. The zero-order valence-corrected chi connectivity index (χ0v) is 3.71.